The molecule has 0 bridgehead atoms. The second kappa shape index (κ2) is 5.10. The Bertz CT molecular complexity index is 444. The standard InChI is InChI=1S/C8H11F5N2O3S/c9-7(10,5-1-2-5)3-14-6(16)15-19(17,18)4-8(11,12)13/h5H,1-4H2,(H2,14,15,16). The lowest BCUT2D eigenvalue weighted by atomic mass is 10.2. The Hall–Kier alpha value is -1.13. The summed E-state index contributed by atoms with van der Waals surface area (Å²) in [6.45, 7) is -1.12. The van der Waals surface area contributed by atoms with Crippen molar-refractivity contribution in [3.8, 4) is 0 Å². The molecule has 1 aliphatic rings. The molecular formula is C8H11F5N2O3S. The van der Waals surface area contributed by atoms with Gasteiger partial charge in [0, 0.05) is 5.92 Å². The molecule has 2 amide bonds. The highest BCUT2D eigenvalue weighted by molar-refractivity contribution is 7.90. The average Bonchev–Trinajstić information content (AvgIpc) is 2.92. The largest absolute Gasteiger partial charge is 0.404 e. The molecule has 0 aliphatic heterocycles. The van der Waals surface area contributed by atoms with Crippen molar-refractivity contribution in [1.82, 2.24) is 10.0 Å². The number of halogens is 5. The fourth-order valence-electron chi connectivity index (χ4n) is 1.28. The van der Waals surface area contributed by atoms with Crippen LogP contribution in [0.25, 0.3) is 0 Å². The van der Waals surface area contributed by atoms with E-state index in [1.165, 1.54) is 5.32 Å². The molecule has 2 N–H and O–H groups in total. The topological polar surface area (TPSA) is 75.3 Å². The zero-order valence-corrected chi connectivity index (χ0v) is 10.2. The predicted molar refractivity (Wildman–Crippen MR) is 54.0 cm³/mol. The van der Waals surface area contributed by atoms with Gasteiger partial charge in [-0.1, -0.05) is 0 Å². The van der Waals surface area contributed by atoms with Crippen molar-refractivity contribution in [3.05, 3.63) is 0 Å². The molecule has 0 aromatic carbocycles. The highest BCUT2D eigenvalue weighted by Crippen LogP contribution is 2.42. The molecular weight excluding hydrogens is 299 g/mol. The van der Waals surface area contributed by atoms with E-state index in [1.54, 1.807) is 0 Å². The van der Waals surface area contributed by atoms with E-state index in [-0.39, 0.29) is 0 Å². The molecule has 1 aliphatic carbocycles. The molecule has 0 atom stereocenters. The molecule has 0 aromatic rings. The number of amides is 2. The molecule has 0 saturated heterocycles. The van der Waals surface area contributed by atoms with E-state index in [4.69, 9.17) is 0 Å². The summed E-state index contributed by atoms with van der Waals surface area (Å²) in [7, 11) is -4.94. The molecule has 0 spiro atoms. The number of carbonyl (C=O) groups excluding carboxylic acids is 1. The van der Waals surface area contributed by atoms with E-state index in [1.807, 2.05) is 0 Å². The minimum atomic E-state index is -5.02. The summed E-state index contributed by atoms with van der Waals surface area (Å²) in [6.07, 6.45) is -4.44. The van der Waals surface area contributed by atoms with Crippen LogP contribution in [-0.2, 0) is 10.0 Å². The molecule has 0 unspecified atom stereocenters. The highest BCUT2D eigenvalue weighted by atomic mass is 32.2. The summed E-state index contributed by atoms with van der Waals surface area (Å²) >= 11 is 0. The molecule has 0 aromatic heterocycles. The van der Waals surface area contributed by atoms with Crippen LogP contribution in [-0.4, -0.2) is 38.8 Å². The van der Waals surface area contributed by atoms with E-state index >= 15 is 0 Å². The van der Waals surface area contributed by atoms with Crippen LogP contribution < -0.4 is 10.0 Å². The number of sulfonamides is 1. The van der Waals surface area contributed by atoms with Gasteiger partial charge in [0.1, 0.15) is 0 Å². The van der Waals surface area contributed by atoms with Crippen molar-refractivity contribution in [2.45, 2.75) is 24.9 Å². The Labute approximate surface area is 105 Å². The summed E-state index contributed by atoms with van der Waals surface area (Å²) in [5, 5.41) is 1.54. The zero-order valence-electron chi connectivity index (χ0n) is 9.43. The summed E-state index contributed by atoms with van der Waals surface area (Å²) < 4.78 is 84.4. The van der Waals surface area contributed by atoms with E-state index in [9.17, 15) is 35.2 Å². The van der Waals surface area contributed by atoms with Crippen LogP contribution in [0.1, 0.15) is 12.8 Å². The predicted octanol–water partition coefficient (Wildman–Crippen LogP) is 1.22. The number of urea groups is 1. The van der Waals surface area contributed by atoms with Gasteiger partial charge in [-0.3, -0.25) is 0 Å². The lowest BCUT2D eigenvalue weighted by Gasteiger charge is -2.16. The Balaban J connectivity index is 2.42. The van der Waals surface area contributed by atoms with Gasteiger partial charge in [-0.2, -0.15) is 13.2 Å². The average molecular weight is 310 g/mol. The number of hydrogen-bond donors (Lipinski definition) is 2. The molecule has 0 heterocycles. The first-order valence-corrected chi connectivity index (χ1v) is 6.79. The van der Waals surface area contributed by atoms with Gasteiger partial charge in [-0.05, 0) is 12.8 Å². The Morgan fingerprint density at radius 3 is 2.11 bits per heavy atom. The molecule has 5 nitrogen and oxygen atoms in total. The third-order valence-electron chi connectivity index (χ3n) is 2.26. The Kier molecular flexibility index (Phi) is 4.27. The number of alkyl halides is 5. The van der Waals surface area contributed by atoms with Gasteiger partial charge in [-0.25, -0.2) is 26.7 Å². The minimum Gasteiger partial charge on any atom is -0.331 e. The van der Waals surface area contributed by atoms with Crippen LogP contribution >= 0.6 is 0 Å². The zero-order chi connectivity index (χ0) is 14.9. The van der Waals surface area contributed by atoms with Crippen molar-refractivity contribution in [1.29, 1.82) is 0 Å². The first kappa shape index (κ1) is 15.9. The first-order valence-electron chi connectivity index (χ1n) is 5.14. The number of rotatable bonds is 5. The van der Waals surface area contributed by atoms with Crippen LogP contribution in [0.5, 0.6) is 0 Å². The van der Waals surface area contributed by atoms with Gasteiger partial charge >= 0.3 is 12.2 Å². The summed E-state index contributed by atoms with van der Waals surface area (Å²) in [5.41, 5.74) is 0. The minimum absolute atomic E-state index is 0.294. The molecule has 19 heavy (non-hydrogen) atoms. The lowest BCUT2D eigenvalue weighted by molar-refractivity contribution is -0.106. The highest BCUT2D eigenvalue weighted by Gasteiger charge is 2.46. The van der Waals surface area contributed by atoms with Crippen LogP contribution in [0.4, 0.5) is 26.7 Å². The summed E-state index contributed by atoms with van der Waals surface area (Å²) in [4.78, 5) is 10.9. The van der Waals surface area contributed by atoms with E-state index in [0.717, 1.165) is 4.72 Å². The van der Waals surface area contributed by atoms with Crippen LogP contribution in [0.2, 0.25) is 0 Å². The first-order chi connectivity index (χ1) is 8.41. The van der Waals surface area contributed by atoms with Gasteiger partial charge in [-0.15, -0.1) is 0 Å². The monoisotopic (exact) mass is 310 g/mol. The molecule has 0 radical (unpaired) electrons. The second-order valence-electron chi connectivity index (χ2n) is 4.19. The molecule has 112 valence electrons. The number of carbonyl (C=O) groups is 1. The van der Waals surface area contributed by atoms with Crippen LogP contribution in [0.15, 0.2) is 0 Å². The maximum Gasteiger partial charge on any atom is 0.404 e. The third kappa shape index (κ3) is 6.03. The molecule has 11 heteroatoms. The van der Waals surface area contributed by atoms with Gasteiger partial charge in [0.2, 0.25) is 10.0 Å². The lowest BCUT2D eigenvalue weighted by Crippen LogP contribution is -2.47. The maximum absolute atomic E-state index is 13.1. The van der Waals surface area contributed by atoms with Crippen molar-refractivity contribution in [2.24, 2.45) is 5.92 Å². The van der Waals surface area contributed by atoms with Crippen molar-refractivity contribution in [2.75, 3.05) is 12.3 Å². The fraction of sp³-hybridized carbons (Fsp3) is 0.875. The number of hydrogen-bond acceptors (Lipinski definition) is 3. The van der Waals surface area contributed by atoms with Crippen LogP contribution in [0.3, 0.4) is 0 Å². The molecule has 1 saturated carbocycles. The second-order valence-corrected chi connectivity index (χ2v) is 5.92. The van der Waals surface area contributed by atoms with Gasteiger partial charge in [0.25, 0.3) is 5.92 Å². The van der Waals surface area contributed by atoms with E-state index in [2.05, 4.69) is 0 Å². The van der Waals surface area contributed by atoms with Gasteiger partial charge in [0.15, 0.2) is 5.75 Å². The number of nitrogens with one attached hydrogen (secondary N) is 2. The van der Waals surface area contributed by atoms with E-state index < -0.39 is 46.4 Å². The maximum atomic E-state index is 13.1. The van der Waals surface area contributed by atoms with Crippen LogP contribution in [0, 0.1) is 5.92 Å². The Morgan fingerprint density at radius 1 is 1.16 bits per heavy atom. The quantitative estimate of drug-likeness (QED) is 0.750. The smallest absolute Gasteiger partial charge is 0.331 e. The molecule has 1 rings (SSSR count). The summed E-state index contributed by atoms with van der Waals surface area (Å²) in [6, 6.07) is -1.61. The van der Waals surface area contributed by atoms with Crippen molar-refractivity contribution in [3.63, 3.8) is 0 Å². The van der Waals surface area contributed by atoms with Crippen molar-refractivity contribution < 1.29 is 35.2 Å². The van der Waals surface area contributed by atoms with Crippen molar-refractivity contribution >= 4 is 16.1 Å². The SMILES string of the molecule is O=C(NCC(F)(F)C1CC1)NS(=O)(=O)CC(F)(F)F. The normalized spacial score (nSPS) is 17.1. The van der Waals surface area contributed by atoms with Gasteiger partial charge < -0.3 is 5.32 Å². The van der Waals surface area contributed by atoms with Gasteiger partial charge in [0.05, 0.1) is 6.54 Å². The Morgan fingerprint density at radius 2 is 1.68 bits per heavy atom. The third-order valence-corrected chi connectivity index (χ3v) is 3.46. The summed E-state index contributed by atoms with van der Waals surface area (Å²) in [5.74, 6) is -6.32. The van der Waals surface area contributed by atoms with E-state index in [0.29, 0.717) is 12.8 Å². The fourth-order valence-corrected chi connectivity index (χ4v) is 2.13. The molecule has 1 fully saturated rings.